The van der Waals surface area contributed by atoms with Crippen LogP contribution in [-0.4, -0.2) is 0 Å². The highest BCUT2D eigenvalue weighted by Gasteiger charge is 2.12. The van der Waals surface area contributed by atoms with E-state index < -0.39 is 0 Å². The molecule has 1 atom stereocenters. The summed E-state index contributed by atoms with van der Waals surface area (Å²) in [6.45, 7) is 9.45. The van der Waals surface area contributed by atoms with Crippen LogP contribution in [0.3, 0.4) is 0 Å². The Hall–Kier alpha value is 0. The summed E-state index contributed by atoms with van der Waals surface area (Å²) in [4.78, 5) is 0. The fourth-order valence-corrected chi connectivity index (χ4v) is 3.01. The van der Waals surface area contributed by atoms with Crippen molar-refractivity contribution in [2.24, 2.45) is 11.8 Å². The molecule has 1 unspecified atom stereocenters. The largest absolute Gasteiger partial charge is 0.0654 e. The molecule has 0 aromatic carbocycles. The van der Waals surface area contributed by atoms with E-state index in [0.717, 1.165) is 11.8 Å². The molecule has 0 heterocycles. The zero-order valence-electron chi connectivity index (χ0n) is 14.3. The van der Waals surface area contributed by atoms with Gasteiger partial charge < -0.3 is 0 Å². The van der Waals surface area contributed by atoms with Crippen molar-refractivity contribution in [2.75, 3.05) is 0 Å². The predicted molar refractivity (Wildman–Crippen MR) is 89.7 cm³/mol. The average Bonchev–Trinajstić information content (AvgIpc) is 2.39. The SMILES string of the molecule is CCCCCCCCC(CCCCCCC)C(C)C. The van der Waals surface area contributed by atoms with E-state index in [9.17, 15) is 0 Å². The third kappa shape index (κ3) is 12.8. The molecule has 19 heavy (non-hydrogen) atoms. The minimum absolute atomic E-state index is 0.891. The van der Waals surface area contributed by atoms with Gasteiger partial charge in [0.2, 0.25) is 0 Å². The monoisotopic (exact) mass is 268 g/mol. The Balaban J connectivity index is 3.51. The maximum atomic E-state index is 2.42. The minimum atomic E-state index is 0.891. The first-order valence-electron chi connectivity index (χ1n) is 9.22. The maximum Gasteiger partial charge on any atom is -0.0391 e. The molecule has 0 aromatic heterocycles. The van der Waals surface area contributed by atoms with Crippen LogP contribution < -0.4 is 0 Å². The fraction of sp³-hybridized carbons (Fsp3) is 1.00. The highest BCUT2D eigenvalue weighted by molar-refractivity contribution is 4.64. The van der Waals surface area contributed by atoms with Crippen molar-refractivity contribution >= 4 is 0 Å². The van der Waals surface area contributed by atoms with Gasteiger partial charge in [0.1, 0.15) is 0 Å². The molecular weight excluding hydrogens is 228 g/mol. The molecule has 0 aliphatic rings. The summed E-state index contributed by atoms with van der Waals surface area (Å²) >= 11 is 0. The standard InChI is InChI=1S/C19H40/c1-5-7-9-11-13-15-17-19(18(3)4)16-14-12-10-8-6-2/h18-19H,5-17H2,1-4H3. The molecule has 0 fully saturated rings. The van der Waals surface area contributed by atoms with Crippen molar-refractivity contribution in [1.29, 1.82) is 0 Å². The van der Waals surface area contributed by atoms with Gasteiger partial charge in [-0.1, -0.05) is 111 Å². The molecule has 0 bridgehead atoms. The van der Waals surface area contributed by atoms with Crippen LogP contribution in [0, 0.1) is 11.8 Å². The minimum Gasteiger partial charge on any atom is -0.0654 e. The van der Waals surface area contributed by atoms with E-state index in [1.807, 2.05) is 0 Å². The second-order valence-electron chi connectivity index (χ2n) is 6.76. The molecule has 0 amide bonds. The van der Waals surface area contributed by atoms with Gasteiger partial charge >= 0.3 is 0 Å². The number of hydrogen-bond acceptors (Lipinski definition) is 0. The van der Waals surface area contributed by atoms with Gasteiger partial charge in [0.25, 0.3) is 0 Å². The first-order chi connectivity index (χ1) is 9.22. The van der Waals surface area contributed by atoms with Crippen LogP contribution in [0.5, 0.6) is 0 Å². The number of rotatable bonds is 14. The van der Waals surface area contributed by atoms with Gasteiger partial charge in [-0.2, -0.15) is 0 Å². The molecule has 0 aromatic rings. The van der Waals surface area contributed by atoms with Crippen LogP contribution in [0.4, 0.5) is 0 Å². The zero-order chi connectivity index (χ0) is 14.3. The van der Waals surface area contributed by atoms with E-state index in [2.05, 4.69) is 27.7 Å². The maximum absolute atomic E-state index is 2.42. The van der Waals surface area contributed by atoms with Crippen LogP contribution in [-0.2, 0) is 0 Å². The van der Waals surface area contributed by atoms with Crippen LogP contribution in [0.1, 0.15) is 111 Å². The molecule has 0 saturated heterocycles. The lowest BCUT2D eigenvalue weighted by Crippen LogP contribution is -2.08. The van der Waals surface area contributed by atoms with Crippen molar-refractivity contribution in [2.45, 2.75) is 111 Å². The Labute approximate surface area is 123 Å². The Morgan fingerprint density at radius 1 is 0.526 bits per heavy atom. The first-order valence-corrected chi connectivity index (χ1v) is 9.22. The van der Waals surface area contributed by atoms with Gasteiger partial charge in [0, 0.05) is 0 Å². The van der Waals surface area contributed by atoms with Crippen molar-refractivity contribution in [3.63, 3.8) is 0 Å². The van der Waals surface area contributed by atoms with Crippen molar-refractivity contribution in [3.8, 4) is 0 Å². The quantitative estimate of drug-likeness (QED) is 0.288. The van der Waals surface area contributed by atoms with Crippen molar-refractivity contribution in [1.82, 2.24) is 0 Å². The third-order valence-corrected chi connectivity index (χ3v) is 4.55. The summed E-state index contributed by atoms with van der Waals surface area (Å²) in [6, 6.07) is 0. The molecule has 0 aliphatic carbocycles. The third-order valence-electron chi connectivity index (χ3n) is 4.55. The Morgan fingerprint density at radius 2 is 0.895 bits per heavy atom. The van der Waals surface area contributed by atoms with E-state index in [0.29, 0.717) is 0 Å². The van der Waals surface area contributed by atoms with Gasteiger partial charge in [-0.25, -0.2) is 0 Å². The fourth-order valence-electron chi connectivity index (χ4n) is 3.01. The Morgan fingerprint density at radius 3 is 1.26 bits per heavy atom. The average molecular weight is 269 g/mol. The second kappa shape index (κ2) is 14.4. The van der Waals surface area contributed by atoms with Crippen molar-refractivity contribution < 1.29 is 0 Å². The van der Waals surface area contributed by atoms with E-state index in [-0.39, 0.29) is 0 Å². The molecule has 0 aliphatic heterocycles. The van der Waals surface area contributed by atoms with E-state index >= 15 is 0 Å². The molecule has 0 heteroatoms. The van der Waals surface area contributed by atoms with E-state index in [4.69, 9.17) is 0 Å². The van der Waals surface area contributed by atoms with E-state index in [1.54, 1.807) is 0 Å². The molecule has 0 N–H and O–H groups in total. The van der Waals surface area contributed by atoms with Gasteiger partial charge in [0.05, 0.1) is 0 Å². The van der Waals surface area contributed by atoms with Crippen LogP contribution in [0.25, 0.3) is 0 Å². The van der Waals surface area contributed by atoms with Crippen molar-refractivity contribution in [3.05, 3.63) is 0 Å². The molecule has 116 valence electrons. The Kier molecular flexibility index (Phi) is 14.4. The molecule has 0 rings (SSSR count). The first kappa shape index (κ1) is 19.0. The highest BCUT2D eigenvalue weighted by atomic mass is 14.2. The Bertz CT molecular complexity index is 159. The lowest BCUT2D eigenvalue weighted by atomic mass is 9.85. The predicted octanol–water partition coefficient (Wildman–Crippen LogP) is 7.37. The molecule has 0 radical (unpaired) electrons. The summed E-state index contributed by atoms with van der Waals surface area (Å²) in [5.41, 5.74) is 0. The second-order valence-corrected chi connectivity index (χ2v) is 6.76. The summed E-state index contributed by atoms with van der Waals surface area (Å²) in [5, 5.41) is 0. The molecule has 0 saturated carbocycles. The lowest BCUT2D eigenvalue weighted by Gasteiger charge is -2.20. The smallest absolute Gasteiger partial charge is 0.0391 e. The molecule has 0 spiro atoms. The van der Waals surface area contributed by atoms with E-state index in [1.165, 1.54) is 83.5 Å². The van der Waals surface area contributed by atoms with Crippen LogP contribution in [0.15, 0.2) is 0 Å². The number of unbranched alkanes of at least 4 members (excludes halogenated alkanes) is 9. The van der Waals surface area contributed by atoms with Gasteiger partial charge in [0.15, 0.2) is 0 Å². The van der Waals surface area contributed by atoms with Crippen LogP contribution >= 0.6 is 0 Å². The van der Waals surface area contributed by atoms with Gasteiger partial charge in [-0.3, -0.25) is 0 Å². The summed E-state index contributed by atoms with van der Waals surface area (Å²) in [6.07, 6.45) is 18.8. The zero-order valence-corrected chi connectivity index (χ0v) is 14.3. The van der Waals surface area contributed by atoms with Crippen LogP contribution in [0.2, 0.25) is 0 Å². The van der Waals surface area contributed by atoms with Gasteiger partial charge in [-0.05, 0) is 11.8 Å². The number of hydrogen-bond donors (Lipinski definition) is 0. The summed E-state index contributed by atoms with van der Waals surface area (Å²) in [7, 11) is 0. The van der Waals surface area contributed by atoms with Gasteiger partial charge in [-0.15, -0.1) is 0 Å². The highest BCUT2D eigenvalue weighted by Crippen LogP contribution is 2.25. The normalized spacial score (nSPS) is 13.1. The molecular formula is C19H40. The molecule has 0 nitrogen and oxygen atoms in total. The lowest BCUT2D eigenvalue weighted by molar-refractivity contribution is 0.313. The summed E-state index contributed by atoms with van der Waals surface area (Å²) < 4.78 is 0. The topological polar surface area (TPSA) is 0 Å². The summed E-state index contributed by atoms with van der Waals surface area (Å²) in [5.74, 6) is 1.88.